The summed E-state index contributed by atoms with van der Waals surface area (Å²) in [5.41, 5.74) is 1.06. The van der Waals surface area contributed by atoms with Gasteiger partial charge in [-0.25, -0.2) is 8.42 Å². The Balaban J connectivity index is 2.50. The maximum Gasteiger partial charge on any atom is 0.245 e. The smallest absolute Gasteiger partial charge is 0.245 e. The highest BCUT2D eigenvalue weighted by Gasteiger charge is 2.31. The fourth-order valence-electron chi connectivity index (χ4n) is 2.49. The number of hydrogen-bond acceptors (Lipinski definition) is 6. The lowest BCUT2D eigenvalue weighted by Gasteiger charge is -2.29. The molecule has 0 amide bonds. The first-order valence-electron chi connectivity index (χ1n) is 7.28. The second-order valence-corrected chi connectivity index (χ2v) is 7.35. The van der Waals surface area contributed by atoms with Gasteiger partial charge in [0.1, 0.15) is 15.9 Å². The maximum absolute atomic E-state index is 13.1. The van der Waals surface area contributed by atoms with Crippen LogP contribution in [0.15, 0.2) is 23.1 Å². The Kier molecular flexibility index (Phi) is 5.85. The summed E-state index contributed by atoms with van der Waals surface area (Å²) < 4.78 is 41.1. The minimum Gasteiger partial charge on any atom is -0.383 e. The molecule has 0 fully saturated rings. The zero-order chi connectivity index (χ0) is 16.2. The first kappa shape index (κ1) is 17.3. The third kappa shape index (κ3) is 3.29. The molecule has 0 aliphatic heterocycles. The van der Waals surface area contributed by atoms with E-state index in [-0.39, 0.29) is 10.9 Å². The van der Waals surface area contributed by atoms with Crippen LogP contribution in [0.5, 0.6) is 0 Å². The molecule has 22 heavy (non-hydrogen) atoms. The van der Waals surface area contributed by atoms with Crippen molar-refractivity contribution in [2.75, 3.05) is 20.3 Å². The lowest BCUT2D eigenvalue weighted by atomic mass is 10.2. The Morgan fingerprint density at radius 2 is 2.00 bits per heavy atom. The fourth-order valence-corrected chi connectivity index (χ4v) is 5.00. The topological polar surface area (TPSA) is 72.4 Å². The minimum absolute atomic E-state index is 0.0537. The van der Waals surface area contributed by atoms with Gasteiger partial charge < -0.3 is 4.74 Å². The molecule has 2 aromatic rings. The molecule has 2 rings (SSSR count). The van der Waals surface area contributed by atoms with Gasteiger partial charge in [0.2, 0.25) is 10.0 Å². The molecule has 0 N–H and O–H groups in total. The summed E-state index contributed by atoms with van der Waals surface area (Å²) in [7, 11) is -2.06. The van der Waals surface area contributed by atoms with Gasteiger partial charge in [-0.1, -0.05) is 19.9 Å². The van der Waals surface area contributed by atoms with Crippen LogP contribution in [0, 0.1) is 0 Å². The zero-order valence-corrected chi connectivity index (χ0v) is 14.7. The highest BCUT2D eigenvalue weighted by molar-refractivity contribution is 7.89. The molecule has 0 radical (unpaired) electrons. The van der Waals surface area contributed by atoms with Crippen molar-refractivity contribution in [1.82, 2.24) is 13.1 Å². The second kappa shape index (κ2) is 7.45. The first-order valence-corrected chi connectivity index (χ1v) is 9.45. The molecule has 1 heterocycles. The Morgan fingerprint density at radius 1 is 1.27 bits per heavy atom. The average Bonchev–Trinajstić information content (AvgIpc) is 2.99. The van der Waals surface area contributed by atoms with Crippen LogP contribution >= 0.6 is 11.7 Å². The molecular weight excluding hydrogens is 322 g/mol. The highest BCUT2D eigenvalue weighted by Crippen LogP contribution is 2.27. The molecule has 6 nitrogen and oxygen atoms in total. The van der Waals surface area contributed by atoms with Crippen molar-refractivity contribution in [3.63, 3.8) is 0 Å². The van der Waals surface area contributed by atoms with Crippen LogP contribution in [0.1, 0.15) is 26.7 Å². The van der Waals surface area contributed by atoms with Crippen LogP contribution in [0.4, 0.5) is 0 Å². The number of benzene rings is 1. The SMILES string of the molecule is CCC(CC)N(CCOC)S(=O)(=O)c1cccc2nsnc12. The summed E-state index contributed by atoms with van der Waals surface area (Å²) >= 11 is 1.02. The van der Waals surface area contributed by atoms with E-state index in [4.69, 9.17) is 4.74 Å². The van der Waals surface area contributed by atoms with E-state index in [1.165, 1.54) is 4.31 Å². The van der Waals surface area contributed by atoms with Gasteiger partial charge in [0.15, 0.2) is 0 Å². The molecule has 0 saturated heterocycles. The number of fused-ring (bicyclic) bond motifs is 1. The number of aromatic nitrogens is 2. The zero-order valence-electron chi connectivity index (χ0n) is 13.0. The monoisotopic (exact) mass is 343 g/mol. The van der Waals surface area contributed by atoms with Crippen LogP contribution in [0.25, 0.3) is 11.0 Å². The lowest BCUT2D eigenvalue weighted by Crippen LogP contribution is -2.41. The van der Waals surface area contributed by atoms with Gasteiger partial charge in [0.25, 0.3) is 0 Å². The van der Waals surface area contributed by atoms with E-state index in [1.807, 2.05) is 13.8 Å². The molecule has 1 aromatic heterocycles. The number of hydrogen-bond donors (Lipinski definition) is 0. The van der Waals surface area contributed by atoms with Gasteiger partial charge in [-0.05, 0) is 25.0 Å². The number of ether oxygens (including phenoxy) is 1. The molecular formula is C14H21N3O3S2. The van der Waals surface area contributed by atoms with E-state index in [9.17, 15) is 8.42 Å². The molecule has 0 saturated carbocycles. The van der Waals surface area contributed by atoms with Crippen LogP contribution in [0.3, 0.4) is 0 Å². The highest BCUT2D eigenvalue weighted by atomic mass is 32.2. The molecule has 0 aliphatic carbocycles. The molecule has 0 aliphatic rings. The summed E-state index contributed by atoms with van der Waals surface area (Å²) in [5.74, 6) is 0. The Morgan fingerprint density at radius 3 is 2.64 bits per heavy atom. The van der Waals surface area contributed by atoms with Gasteiger partial charge in [0, 0.05) is 19.7 Å². The molecule has 0 atom stereocenters. The van der Waals surface area contributed by atoms with Crippen molar-refractivity contribution in [1.29, 1.82) is 0 Å². The van der Waals surface area contributed by atoms with Gasteiger partial charge in [-0.15, -0.1) is 0 Å². The second-order valence-electron chi connectivity index (χ2n) is 4.97. The molecule has 1 aromatic carbocycles. The van der Waals surface area contributed by atoms with E-state index in [2.05, 4.69) is 8.75 Å². The molecule has 8 heteroatoms. The summed E-state index contributed by atoms with van der Waals surface area (Å²) in [5, 5.41) is 0. The van der Waals surface area contributed by atoms with E-state index >= 15 is 0 Å². The van der Waals surface area contributed by atoms with E-state index in [0.29, 0.717) is 24.2 Å². The number of nitrogens with zero attached hydrogens (tertiary/aromatic N) is 3. The van der Waals surface area contributed by atoms with Crippen LogP contribution in [-0.4, -0.2) is 47.8 Å². The van der Waals surface area contributed by atoms with Crippen LogP contribution in [0.2, 0.25) is 0 Å². The summed E-state index contributed by atoms with van der Waals surface area (Å²) in [4.78, 5) is 0.224. The Labute approximate surface area is 135 Å². The van der Waals surface area contributed by atoms with Crippen molar-refractivity contribution in [2.24, 2.45) is 0 Å². The largest absolute Gasteiger partial charge is 0.383 e. The fraction of sp³-hybridized carbons (Fsp3) is 0.571. The predicted octanol–water partition coefficient (Wildman–Crippen LogP) is 2.52. The average molecular weight is 343 g/mol. The molecule has 0 bridgehead atoms. The van der Waals surface area contributed by atoms with Gasteiger partial charge in [0.05, 0.1) is 18.3 Å². The van der Waals surface area contributed by atoms with Gasteiger partial charge in [-0.2, -0.15) is 13.1 Å². The normalized spacial score (nSPS) is 12.6. The van der Waals surface area contributed by atoms with Gasteiger partial charge in [-0.3, -0.25) is 0 Å². The maximum atomic E-state index is 13.1. The summed E-state index contributed by atoms with van der Waals surface area (Å²) in [6.45, 7) is 4.68. The Bertz CT molecular complexity index is 711. The number of sulfonamides is 1. The van der Waals surface area contributed by atoms with Crippen molar-refractivity contribution < 1.29 is 13.2 Å². The van der Waals surface area contributed by atoms with Crippen molar-refractivity contribution in [3.8, 4) is 0 Å². The van der Waals surface area contributed by atoms with Gasteiger partial charge >= 0.3 is 0 Å². The number of rotatable bonds is 8. The summed E-state index contributed by atoms with van der Waals surface area (Å²) in [6.07, 6.45) is 1.51. The van der Waals surface area contributed by atoms with E-state index < -0.39 is 10.0 Å². The standard InChI is InChI=1S/C14H21N3O3S2/c1-4-11(5-2)17(9-10-20-3)22(18,19)13-8-6-7-12-14(13)16-21-15-12/h6-8,11H,4-5,9-10H2,1-3H3. The van der Waals surface area contributed by atoms with E-state index in [1.54, 1.807) is 25.3 Å². The van der Waals surface area contributed by atoms with Crippen molar-refractivity contribution in [3.05, 3.63) is 18.2 Å². The lowest BCUT2D eigenvalue weighted by molar-refractivity contribution is 0.163. The molecule has 0 unspecified atom stereocenters. The summed E-state index contributed by atoms with van der Waals surface area (Å²) in [6, 6.07) is 5.02. The molecule has 0 spiro atoms. The Hall–Kier alpha value is -1.09. The minimum atomic E-state index is -3.64. The number of methoxy groups -OCH3 is 1. The van der Waals surface area contributed by atoms with Crippen molar-refractivity contribution >= 4 is 32.8 Å². The van der Waals surface area contributed by atoms with E-state index in [0.717, 1.165) is 24.6 Å². The molecule has 122 valence electrons. The third-order valence-electron chi connectivity index (χ3n) is 3.70. The van der Waals surface area contributed by atoms with Crippen LogP contribution < -0.4 is 0 Å². The van der Waals surface area contributed by atoms with Crippen LogP contribution in [-0.2, 0) is 14.8 Å². The predicted molar refractivity (Wildman–Crippen MR) is 87.6 cm³/mol. The quantitative estimate of drug-likeness (QED) is 0.736. The van der Waals surface area contributed by atoms with Crippen molar-refractivity contribution in [2.45, 2.75) is 37.6 Å². The first-order chi connectivity index (χ1) is 10.6. The third-order valence-corrected chi connectivity index (χ3v) is 6.23.